The van der Waals surface area contributed by atoms with Gasteiger partial charge >= 0.3 is 18.7 Å². The molecule has 2 fully saturated rings. The van der Waals surface area contributed by atoms with Crippen LogP contribution in [-0.4, -0.2) is 77.8 Å². The number of rotatable bonds is 13. The largest absolute Gasteiger partial charge is 0.489 e. The molecule has 16 heteroatoms. The number of ether oxygens (including phenoxy) is 3. The Bertz CT molecular complexity index is 1650. The van der Waals surface area contributed by atoms with Crippen molar-refractivity contribution in [2.45, 2.75) is 57.0 Å². The number of hydrogen-bond donors (Lipinski definition) is 4. The molecule has 0 spiro atoms. The fraction of sp³-hybridized carbons (Fsp3) is 0.406. The van der Waals surface area contributed by atoms with Crippen LogP contribution in [0.4, 0.5) is 13.6 Å². The van der Waals surface area contributed by atoms with Crippen LogP contribution >= 0.6 is 0 Å². The molecule has 2 heterocycles. The van der Waals surface area contributed by atoms with Crippen LogP contribution < -0.4 is 25.8 Å². The first-order chi connectivity index (χ1) is 22.9. The van der Waals surface area contributed by atoms with E-state index in [0.717, 1.165) is 24.9 Å². The molecule has 2 aliphatic rings. The van der Waals surface area contributed by atoms with Crippen LogP contribution in [0.1, 0.15) is 60.1 Å². The Hall–Kier alpha value is -5.25. The Morgan fingerprint density at radius 2 is 1.85 bits per heavy atom. The second kappa shape index (κ2) is 14.7. The third-order valence-corrected chi connectivity index (χ3v) is 7.89. The molecule has 3 amide bonds. The van der Waals surface area contributed by atoms with Crippen molar-refractivity contribution in [1.82, 2.24) is 20.5 Å². The first kappa shape index (κ1) is 34.1. The number of hydrogen-bond acceptors (Lipinski definition) is 10. The van der Waals surface area contributed by atoms with Gasteiger partial charge in [0.1, 0.15) is 6.04 Å². The van der Waals surface area contributed by atoms with Crippen molar-refractivity contribution in [2.24, 2.45) is 11.7 Å². The SMILES string of the molecule is COC(=O)N[C@@H]1C[C@@H](C(=O)N[C@H](C(=O)O)c2ccccc2)N(C(=O)c2nc(-c3ccc(OC(F)F)c(OCC4CC4)c3)oc2[C@H](C)N)C1. The zero-order valence-corrected chi connectivity index (χ0v) is 26.1. The molecule has 1 saturated heterocycles. The van der Waals surface area contributed by atoms with Crippen molar-refractivity contribution < 1.29 is 51.7 Å². The molecule has 0 bridgehead atoms. The number of aromatic nitrogens is 1. The monoisotopic (exact) mass is 671 g/mol. The van der Waals surface area contributed by atoms with Crippen LogP contribution in [0, 0.1) is 5.92 Å². The van der Waals surface area contributed by atoms with Crippen LogP contribution in [0.3, 0.4) is 0 Å². The standard InChI is InChI=1S/C32H35F2N5O9/c1-16(35)26-25(38-28(48-26)19-10-11-22(47-31(33)34)23(12-19)46-15-17-8-9-17)29(41)39-14-20(36-32(44)45-2)13-21(39)27(40)37-24(30(42)43)18-6-4-3-5-7-18/h3-7,10-12,16-17,20-21,24,31H,8-9,13-15,35H2,1-2H3,(H,36,44)(H,37,40)(H,42,43)/t16-,20+,21-,24-/m0/s1. The molecule has 0 unspecified atom stereocenters. The fourth-order valence-electron chi connectivity index (χ4n) is 5.30. The lowest BCUT2D eigenvalue weighted by Crippen LogP contribution is -2.48. The number of halogens is 2. The third-order valence-electron chi connectivity index (χ3n) is 7.89. The van der Waals surface area contributed by atoms with E-state index < -0.39 is 54.7 Å². The second-order valence-electron chi connectivity index (χ2n) is 11.5. The summed E-state index contributed by atoms with van der Waals surface area (Å²) in [4.78, 5) is 57.4. The average Bonchev–Trinajstić information content (AvgIpc) is 3.62. The van der Waals surface area contributed by atoms with Gasteiger partial charge in [-0.1, -0.05) is 30.3 Å². The van der Waals surface area contributed by atoms with Gasteiger partial charge in [-0.2, -0.15) is 8.78 Å². The molecule has 1 aromatic heterocycles. The fourth-order valence-corrected chi connectivity index (χ4v) is 5.30. The zero-order chi connectivity index (χ0) is 34.5. The number of amides is 3. The predicted molar refractivity (Wildman–Crippen MR) is 163 cm³/mol. The van der Waals surface area contributed by atoms with Gasteiger partial charge in [0.25, 0.3) is 5.91 Å². The van der Waals surface area contributed by atoms with Crippen molar-refractivity contribution in [3.05, 3.63) is 65.5 Å². The summed E-state index contributed by atoms with van der Waals surface area (Å²) in [5.41, 5.74) is 6.51. The number of nitrogens with one attached hydrogen (secondary N) is 2. The zero-order valence-electron chi connectivity index (χ0n) is 26.1. The van der Waals surface area contributed by atoms with Crippen LogP contribution in [0.25, 0.3) is 11.5 Å². The number of alkyl carbamates (subject to hydrolysis) is 1. The van der Waals surface area contributed by atoms with Crippen molar-refractivity contribution in [3.63, 3.8) is 0 Å². The number of nitrogens with zero attached hydrogens (tertiary/aromatic N) is 2. The van der Waals surface area contributed by atoms with Gasteiger partial charge < -0.3 is 45.0 Å². The lowest BCUT2D eigenvalue weighted by Gasteiger charge is -2.25. The molecule has 14 nitrogen and oxygen atoms in total. The van der Waals surface area contributed by atoms with Gasteiger partial charge in [-0.3, -0.25) is 9.59 Å². The van der Waals surface area contributed by atoms with E-state index in [1.807, 2.05) is 0 Å². The van der Waals surface area contributed by atoms with Gasteiger partial charge in [0.15, 0.2) is 29.0 Å². The number of carbonyl (C=O) groups excluding carboxylic acids is 3. The molecular formula is C32H35F2N5O9. The maximum atomic E-state index is 14.1. The van der Waals surface area contributed by atoms with E-state index >= 15 is 0 Å². The summed E-state index contributed by atoms with van der Waals surface area (Å²) in [6, 6.07) is 7.86. The number of carboxylic acids is 1. The van der Waals surface area contributed by atoms with Crippen molar-refractivity contribution >= 4 is 23.9 Å². The molecule has 1 saturated carbocycles. The summed E-state index contributed by atoms with van der Waals surface area (Å²) in [6.45, 7) is -1.39. The molecule has 48 heavy (non-hydrogen) atoms. The first-order valence-corrected chi connectivity index (χ1v) is 15.2. The van der Waals surface area contributed by atoms with Gasteiger partial charge in [0.05, 0.1) is 25.8 Å². The maximum Gasteiger partial charge on any atom is 0.407 e. The Kier molecular flexibility index (Phi) is 10.4. The summed E-state index contributed by atoms with van der Waals surface area (Å²) in [6.07, 6.45) is 1.06. The Labute approximate surface area is 273 Å². The van der Waals surface area contributed by atoms with Crippen LogP contribution in [-0.2, 0) is 14.3 Å². The van der Waals surface area contributed by atoms with E-state index in [0.29, 0.717) is 18.1 Å². The van der Waals surface area contributed by atoms with Crippen LogP contribution in [0.15, 0.2) is 52.9 Å². The number of carbonyl (C=O) groups is 4. The molecule has 2 aromatic carbocycles. The summed E-state index contributed by atoms with van der Waals surface area (Å²) < 4.78 is 47.1. The van der Waals surface area contributed by atoms with Crippen LogP contribution in [0.2, 0.25) is 0 Å². The number of nitrogens with two attached hydrogens (primary N) is 1. The van der Waals surface area contributed by atoms with Crippen molar-refractivity contribution in [2.75, 3.05) is 20.3 Å². The van der Waals surface area contributed by atoms with E-state index in [1.165, 1.54) is 18.2 Å². The van der Waals surface area contributed by atoms with Crippen molar-refractivity contribution in [3.8, 4) is 23.0 Å². The average molecular weight is 672 g/mol. The van der Waals surface area contributed by atoms with Crippen molar-refractivity contribution in [1.29, 1.82) is 0 Å². The highest BCUT2D eigenvalue weighted by Crippen LogP contribution is 2.37. The molecular weight excluding hydrogens is 636 g/mol. The molecule has 5 N–H and O–H groups in total. The number of oxazole rings is 1. The maximum absolute atomic E-state index is 14.1. The normalized spacial score (nSPS) is 18.6. The van der Waals surface area contributed by atoms with E-state index in [4.69, 9.17) is 14.9 Å². The Morgan fingerprint density at radius 1 is 1.12 bits per heavy atom. The molecule has 5 rings (SSSR count). The van der Waals surface area contributed by atoms with Gasteiger partial charge in [0, 0.05) is 12.1 Å². The second-order valence-corrected chi connectivity index (χ2v) is 11.5. The Morgan fingerprint density at radius 3 is 2.48 bits per heavy atom. The first-order valence-electron chi connectivity index (χ1n) is 15.2. The molecule has 1 aliphatic heterocycles. The van der Waals surface area contributed by atoms with Gasteiger partial charge in [-0.25, -0.2) is 14.6 Å². The minimum absolute atomic E-state index is 0.0282. The van der Waals surface area contributed by atoms with Crippen LogP contribution in [0.5, 0.6) is 11.5 Å². The number of methoxy groups -OCH3 is 1. The van der Waals surface area contributed by atoms with E-state index in [1.54, 1.807) is 37.3 Å². The number of benzene rings is 2. The molecule has 4 atom stereocenters. The minimum atomic E-state index is -3.09. The number of aliphatic carboxylic acids is 1. The number of likely N-dealkylation sites (tertiary alicyclic amines) is 1. The summed E-state index contributed by atoms with van der Waals surface area (Å²) in [7, 11) is 1.16. The summed E-state index contributed by atoms with van der Waals surface area (Å²) in [5, 5.41) is 14.9. The smallest absolute Gasteiger partial charge is 0.407 e. The molecule has 256 valence electrons. The molecule has 0 radical (unpaired) electrons. The summed E-state index contributed by atoms with van der Waals surface area (Å²) in [5.74, 6) is -2.83. The number of alkyl halides is 2. The topological polar surface area (TPSA) is 196 Å². The quantitative estimate of drug-likeness (QED) is 0.207. The lowest BCUT2D eigenvalue weighted by molar-refractivity contribution is -0.142. The van der Waals surface area contributed by atoms with E-state index in [-0.39, 0.29) is 47.4 Å². The highest BCUT2D eigenvalue weighted by atomic mass is 19.3. The molecule has 1 aliphatic carbocycles. The minimum Gasteiger partial charge on any atom is -0.489 e. The highest BCUT2D eigenvalue weighted by Gasteiger charge is 2.43. The summed E-state index contributed by atoms with van der Waals surface area (Å²) >= 11 is 0. The lowest BCUT2D eigenvalue weighted by atomic mass is 10.1. The van der Waals surface area contributed by atoms with E-state index in [9.17, 15) is 33.1 Å². The van der Waals surface area contributed by atoms with E-state index in [2.05, 4.69) is 25.1 Å². The van der Waals surface area contributed by atoms with Gasteiger partial charge in [0.2, 0.25) is 11.8 Å². The van der Waals surface area contributed by atoms with Gasteiger partial charge in [-0.15, -0.1) is 0 Å². The van der Waals surface area contributed by atoms with Gasteiger partial charge in [-0.05, 0) is 55.9 Å². The third kappa shape index (κ3) is 7.99. The highest BCUT2D eigenvalue weighted by molar-refractivity contribution is 5.98. The Balaban J connectivity index is 1.46. The number of carboxylic acid groups (broad SMARTS) is 1. The predicted octanol–water partition coefficient (Wildman–Crippen LogP) is 3.63. The molecule has 3 aromatic rings.